The molecule has 0 aliphatic carbocycles. The normalized spacial score (nSPS) is 22.9. The molecule has 2 heterocycles. The van der Waals surface area contributed by atoms with E-state index in [1.807, 2.05) is 11.6 Å². The van der Waals surface area contributed by atoms with E-state index < -0.39 is 0 Å². The number of hydrogen-bond donors (Lipinski definition) is 1. The highest BCUT2D eigenvalue weighted by Crippen LogP contribution is 2.23. The first kappa shape index (κ1) is 13.0. The smallest absolute Gasteiger partial charge is 0.112 e. The van der Waals surface area contributed by atoms with Gasteiger partial charge in [0.25, 0.3) is 0 Å². The Labute approximate surface area is 108 Å². The maximum Gasteiger partial charge on any atom is 0.112 e. The third-order valence-electron chi connectivity index (χ3n) is 3.52. The average molecular weight is 253 g/mol. The number of nitrogens with zero attached hydrogens (tertiary/aromatic N) is 2. The van der Waals surface area contributed by atoms with Crippen molar-refractivity contribution in [2.45, 2.75) is 32.2 Å². The lowest BCUT2D eigenvalue weighted by atomic mass is 9.96. The molecule has 1 unspecified atom stereocenters. The van der Waals surface area contributed by atoms with E-state index in [-0.39, 0.29) is 5.54 Å². The molecule has 1 N–H and O–H groups in total. The summed E-state index contributed by atoms with van der Waals surface area (Å²) in [5.41, 5.74) is 0.00415. The second kappa shape index (κ2) is 5.46. The number of rotatable bonds is 4. The van der Waals surface area contributed by atoms with Gasteiger partial charge in [0.05, 0.1) is 5.54 Å². The summed E-state index contributed by atoms with van der Waals surface area (Å²) in [6.07, 6.45) is 4.57. The molecule has 0 saturated carbocycles. The monoisotopic (exact) mass is 253 g/mol. The molecule has 0 radical (unpaired) electrons. The lowest BCUT2D eigenvalue weighted by Gasteiger charge is -2.33. The van der Waals surface area contributed by atoms with Crippen molar-refractivity contribution in [2.75, 3.05) is 26.7 Å². The predicted octanol–water partition coefficient (Wildman–Crippen LogP) is 2.31. The van der Waals surface area contributed by atoms with Crippen molar-refractivity contribution in [1.29, 1.82) is 0 Å². The lowest BCUT2D eigenvalue weighted by molar-refractivity contribution is 0.195. The molecule has 0 spiro atoms. The molecule has 1 atom stereocenters. The molecular formula is C13H23N3S. The van der Waals surface area contributed by atoms with Crippen molar-refractivity contribution in [3.8, 4) is 0 Å². The fourth-order valence-corrected chi connectivity index (χ4v) is 3.19. The largest absolute Gasteiger partial charge is 0.306 e. The van der Waals surface area contributed by atoms with Gasteiger partial charge in [0.1, 0.15) is 5.01 Å². The second-order valence-corrected chi connectivity index (χ2v) is 6.51. The van der Waals surface area contributed by atoms with E-state index in [4.69, 9.17) is 0 Å². The highest BCUT2D eigenvalue weighted by atomic mass is 32.1. The van der Waals surface area contributed by atoms with Gasteiger partial charge in [-0.2, -0.15) is 0 Å². The van der Waals surface area contributed by atoms with Crippen LogP contribution in [0.3, 0.4) is 0 Å². The van der Waals surface area contributed by atoms with Crippen molar-refractivity contribution in [3.63, 3.8) is 0 Å². The van der Waals surface area contributed by atoms with Gasteiger partial charge in [-0.1, -0.05) is 0 Å². The molecule has 1 aromatic rings. The highest BCUT2D eigenvalue weighted by molar-refractivity contribution is 7.09. The SMILES string of the molecule is CN1CCCC(CNC(C)(C)c2nccs2)C1. The number of aromatic nitrogens is 1. The molecule has 0 bridgehead atoms. The maximum atomic E-state index is 4.41. The van der Waals surface area contributed by atoms with Gasteiger partial charge in [-0.05, 0) is 46.2 Å². The van der Waals surface area contributed by atoms with Gasteiger partial charge >= 0.3 is 0 Å². The number of piperidine rings is 1. The first-order valence-electron chi connectivity index (χ1n) is 6.41. The summed E-state index contributed by atoms with van der Waals surface area (Å²) >= 11 is 1.73. The van der Waals surface area contributed by atoms with Crippen LogP contribution in [0.25, 0.3) is 0 Å². The van der Waals surface area contributed by atoms with Crippen LogP contribution in [0.4, 0.5) is 0 Å². The second-order valence-electron chi connectivity index (χ2n) is 5.61. The van der Waals surface area contributed by atoms with Gasteiger partial charge in [0.2, 0.25) is 0 Å². The van der Waals surface area contributed by atoms with Crippen LogP contribution in [0, 0.1) is 5.92 Å². The summed E-state index contributed by atoms with van der Waals surface area (Å²) in [4.78, 5) is 6.85. The Kier molecular flexibility index (Phi) is 4.17. The standard InChI is InChI=1S/C13H23N3S/c1-13(2,12-14-6-8-17-12)15-9-11-5-4-7-16(3)10-11/h6,8,11,15H,4-5,7,9-10H2,1-3H3. The Hall–Kier alpha value is -0.450. The number of thiazole rings is 1. The Morgan fingerprint density at radius 1 is 1.59 bits per heavy atom. The van der Waals surface area contributed by atoms with Crippen LogP contribution in [0.5, 0.6) is 0 Å². The molecule has 1 saturated heterocycles. The summed E-state index contributed by atoms with van der Waals surface area (Å²) in [6.45, 7) is 8.01. The third kappa shape index (κ3) is 3.50. The molecule has 2 rings (SSSR count). The average Bonchev–Trinajstić information content (AvgIpc) is 2.81. The van der Waals surface area contributed by atoms with Crippen LogP contribution in [0.2, 0.25) is 0 Å². The minimum absolute atomic E-state index is 0.00415. The zero-order valence-corrected chi connectivity index (χ0v) is 11.9. The number of likely N-dealkylation sites (tertiary alicyclic amines) is 1. The number of hydrogen-bond acceptors (Lipinski definition) is 4. The van der Waals surface area contributed by atoms with Crippen molar-refractivity contribution in [3.05, 3.63) is 16.6 Å². The Morgan fingerprint density at radius 2 is 2.41 bits per heavy atom. The van der Waals surface area contributed by atoms with Crippen molar-refractivity contribution >= 4 is 11.3 Å². The lowest BCUT2D eigenvalue weighted by Crippen LogP contribution is -2.43. The Bertz CT molecular complexity index is 334. The summed E-state index contributed by atoms with van der Waals surface area (Å²) in [6, 6.07) is 0. The summed E-state index contributed by atoms with van der Waals surface area (Å²) < 4.78 is 0. The van der Waals surface area contributed by atoms with Crippen LogP contribution in [-0.2, 0) is 5.54 Å². The van der Waals surface area contributed by atoms with E-state index in [9.17, 15) is 0 Å². The van der Waals surface area contributed by atoms with E-state index in [1.54, 1.807) is 11.3 Å². The molecule has 4 heteroatoms. The van der Waals surface area contributed by atoms with E-state index in [0.29, 0.717) is 0 Å². The van der Waals surface area contributed by atoms with Gasteiger partial charge in [-0.25, -0.2) is 4.98 Å². The summed E-state index contributed by atoms with van der Waals surface area (Å²) in [7, 11) is 2.22. The van der Waals surface area contributed by atoms with Gasteiger partial charge in [0, 0.05) is 24.7 Å². The van der Waals surface area contributed by atoms with E-state index in [2.05, 4.69) is 36.1 Å². The minimum Gasteiger partial charge on any atom is -0.306 e. The van der Waals surface area contributed by atoms with Gasteiger partial charge < -0.3 is 10.2 Å². The van der Waals surface area contributed by atoms with E-state index >= 15 is 0 Å². The molecule has 1 aromatic heterocycles. The van der Waals surface area contributed by atoms with Gasteiger partial charge in [-0.3, -0.25) is 0 Å². The van der Waals surface area contributed by atoms with Crippen molar-refractivity contribution in [1.82, 2.24) is 15.2 Å². The van der Waals surface area contributed by atoms with Gasteiger partial charge in [0.15, 0.2) is 0 Å². The summed E-state index contributed by atoms with van der Waals surface area (Å²) in [5.74, 6) is 0.785. The van der Waals surface area contributed by atoms with Crippen LogP contribution >= 0.6 is 11.3 Å². The minimum atomic E-state index is 0.00415. The molecule has 3 nitrogen and oxygen atoms in total. The molecule has 1 fully saturated rings. The van der Waals surface area contributed by atoms with Crippen molar-refractivity contribution in [2.24, 2.45) is 5.92 Å². The molecule has 0 aromatic carbocycles. The number of nitrogens with one attached hydrogen (secondary N) is 1. The first-order chi connectivity index (χ1) is 8.08. The third-order valence-corrected chi connectivity index (χ3v) is 4.62. The van der Waals surface area contributed by atoms with Crippen molar-refractivity contribution < 1.29 is 0 Å². The molecular weight excluding hydrogens is 230 g/mol. The van der Waals surface area contributed by atoms with E-state index in [1.165, 1.54) is 30.9 Å². The van der Waals surface area contributed by atoms with Crippen LogP contribution < -0.4 is 5.32 Å². The fraction of sp³-hybridized carbons (Fsp3) is 0.769. The zero-order valence-electron chi connectivity index (χ0n) is 11.1. The topological polar surface area (TPSA) is 28.2 Å². The fourth-order valence-electron chi connectivity index (χ4n) is 2.45. The molecule has 1 aliphatic heterocycles. The predicted molar refractivity (Wildman–Crippen MR) is 73.4 cm³/mol. The summed E-state index contributed by atoms with van der Waals surface area (Å²) in [5, 5.41) is 6.90. The highest BCUT2D eigenvalue weighted by Gasteiger charge is 2.25. The maximum absolute atomic E-state index is 4.41. The van der Waals surface area contributed by atoms with Crippen LogP contribution in [0.1, 0.15) is 31.7 Å². The molecule has 0 amide bonds. The van der Waals surface area contributed by atoms with Crippen LogP contribution in [-0.4, -0.2) is 36.6 Å². The Morgan fingerprint density at radius 3 is 3.06 bits per heavy atom. The van der Waals surface area contributed by atoms with Gasteiger partial charge in [-0.15, -0.1) is 11.3 Å². The van der Waals surface area contributed by atoms with Crippen LogP contribution in [0.15, 0.2) is 11.6 Å². The molecule has 1 aliphatic rings. The Balaban J connectivity index is 1.85. The molecule has 96 valence electrons. The molecule has 17 heavy (non-hydrogen) atoms. The quantitative estimate of drug-likeness (QED) is 0.892. The van der Waals surface area contributed by atoms with E-state index in [0.717, 1.165) is 12.5 Å². The first-order valence-corrected chi connectivity index (χ1v) is 7.29. The zero-order chi connectivity index (χ0) is 12.3.